The van der Waals surface area contributed by atoms with Crippen molar-refractivity contribution in [3.05, 3.63) is 41.0 Å². The summed E-state index contributed by atoms with van der Waals surface area (Å²) < 4.78 is 11.2. The minimum absolute atomic E-state index is 0.0381. The molecule has 1 amide bonds. The van der Waals surface area contributed by atoms with Crippen LogP contribution in [0, 0.1) is 0 Å². The van der Waals surface area contributed by atoms with Gasteiger partial charge in [-0.15, -0.1) is 0 Å². The minimum Gasteiger partial charge on any atom is -0.493 e. The van der Waals surface area contributed by atoms with Gasteiger partial charge in [-0.05, 0) is 37.8 Å². The van der Waals surface area contributed by atoms with Crippen LogP contribution in [-0.4, -0.2) is 52.8 Å². The van der Waals surface area contributed by atoms with Crippen molar-refractivity contribution in [3.8, 4) is 11.5 Å². The highest BCUT2D eigenvalue weighted by Crippen LogP contribution is 2.39. The second-order valence-corrected chi connectivity index (χ2v) is 7.78. The SMILES string of the molecule is COc1cccc2c1OCC(C(=O)N1CCCC(c3n[nH]c(C4CC4)n3)C1)=C2. The van der Waals surface area contributed by atoms with Gasteiger partial charge in [0.2, 0.25) is 0 Å². The zero-order valence-corrected chi connectivity index (χ0v) is 16.0. The third-order valence-electron chi connectivity index (χ3n) is 5.76. The number of nitrogens with zero attached hydrogens (tertiary/aromatic N) is 3. The minimum atomic E-state index is 0.0381. The van der Waals surface area contributed by atoms with E-state index in [2.05, 4.69) is 10.2 Å². The number of fused-ring (bicyclic) bond motifs is 1. The van der Waals surface area contributed by atoms with Crippen LogP contribution in [-0.2, 0) is 4.79 Å². The van der Waals surface area contributed by atoms with Crippen molar-refractivity contribution >= 4 is 12.0 Å². The Labute approximate surface area is 163 Å². The third-order valence-corrected chi connectivity index (χ3v) is 5.76. The Hall–Kier alpha value is -2.83. The molecular weight excluding hydrogens is 356 g/mol. The van der Waals surface area contributed by atoms with Crippen LogP contribution in [0.3, 0.4) is 0 Å². The number of likely N-dealkylation sites (tertiary alicyclic amines) is 1. The molecule has 1 N–H and O–H groups in total. The van der Waals surface area contributed by atoms with E-state index in [-0.39, 0.29) is 18.4 Å². The summed E-state index contributed by atoms with van der Waals surface area (Å²) in [4.78, 5) is 19.7. The zero-order chi connectivity index (χ0) is 19.1. The molecule has 0 spiro atoms. The number of nitrogens with one attached hydrogen (secondary N) is 1. The molecule has 146 valence electrons. The molecule has 2 fully saturated rings. The van der Waals surface area contributed by atoms with Gasteiger partial charge >= 0.3 is 0 Å². The Balaban J connectivity index is 1.32. The summed E-state index contributed by atoms with van der Waals surface area (Å²) >= 11 is 0. The average molecular weight is 380 g/mol. The maximum atomic E-state index is 13.1. The number of carbonyl (C=O) groups is 1. The molecule has 7 nitrogen and oxygen atoms in total. The molecule has 1 aromatic heterocycles. The summed E-state index contributed by atoms with van der Waals surface area (Å²) in [7, 11) is 1.62. The third kappa shape index (κ3) is 3.15. The molecule has 28 heavy (non-hydrogen) atoms. The molecule has 3 heterocycles. The number of rotatable bonds is 4. The standard InChI is InChI=1S/C21H24N4O3/c1-27-17-6-2-4-14-10-16(12-28-18(14)17)21(26)25-9-3-5-15(11-25)20-22-19(23-24-20)13-7-8-13/h2,4,6,10,13,15H,3,5,7-9,11-12H2,1H3,(H,22,23,24). The maximum absolute atomic E-state index is 13.1. The van der Waals surface area contributed by atoms with Crippen LogP contribution < -0.4 is 9.47 Å². The van der Waals surface area contributed by atoms with Gasteiger partial charge in [0.05, 0.1) is 12.7 Å². The van der Waals surface area contributed by atoms with E-state index in [0.29, 0.717) is 29.5 Å². The molecule has 2 aliphatic heterocycles. The number of amides is 1. The van der Waals surface area contributed by atoms with Gasteiger partial charge in [-0.2, -0.15) is 5.10 Å². The van der Waals surface area contributed by atoms with Gasteiger partial charge in [-0.1, -0.05) is 12.1 Å². The van der Waals surface area contributed by atoms with Gasteiger partial charge in [0.15, 0.2) is 17.3 Å². The van der Waals surface area contributed by atoms with Crippen LogP contribution in [0.5, 0.6) is 11.5 Å². The summed E-state index contributed by atoms with van der Waals surface area (Å²) in [5.41, 5.74) is 1.56. The average Bonchev–Trinajstić information content (AvgIpc) is 3.49. The summed E-state index contributed by atoms with van der Waals surface area (Å²) in [6.45, 7) is 1.68. The quantitative estimate of drug-likeness (QED) is 0.882. The monoisotopic (exact) mass is 380 g/mol. The second-order valence-electron chi connectivity index (χ2n) is 7.78. The Morgan fingerprint density at radius 1 is 1.29 bits per heavy atom. The van der Waals surface area contributed by atoms with Crippen molar-refractivity contribution in [2.75, 3.05) is 26.8 Å². The van der Waals surface area contributed by atoms with Gasteiger partial charge in [0.1, 0.15) is 12.4 Å². The molecule has 7 heteroatoms. The summed E-state index contributed by atoms with van der Waals surface area (Å²) in [6, 6.07) is 5.71. The van der Waals surface area contributed by atoms with Crippen LogP contribution >= 0.6 is 0 Å². The molecule has 1 saturated heterocycles. The van der Waals surface area contributed by atoms with Crippen molar-refractivity contribution in [3.63, 3.8) is 0 Å². The van der Waals surface area contributed by atoms with Crippen LogP contribution in [0.1, 0.15) is 54.7 Å². The number of methoxy groups -OCH3 is 1. The number of aromatic nitrogens is 3. The van der Waals surface area contributed by atoms with E-state index in [4.69, 9.17) is 14.5 Å². The van der Waals surface area contributed by atoms with E-state index in [0.717, 1.165) is 36.6 Å². The summed E-state index contributed by atoms with van der Waals surface area (Å²) in [5, 5.41) is 7.52. The second kappa shape index (κ2) is 6.96. The molecular formula is C21H24N4O3. The summed E-state index contributed by atoms with van der Waals surface area (Å²) in [6.07, 6.45) is 6.30. The van der Waals surface area contributed by atoms with E-state index in [1.165, 1.54) is 12.8 Å². The lowest BCUT2D eigenvalue weighted by atomic mass is 9.96. The van der Waals surface area contributed by atoms with Crippen molar-refractivity contribution in [1.29, 1.82) is 0 Å². The number of hydrogen-bond donors (Lipinski definition) is 1. The summed E-state index contributed by atoms with van der Waals surface area (Å²) in [5.74, 6) is 4.04. The number of piperidine rings is 1. The van der Waals surface area contributed by atoms with Crippen molar-refractivity contribution in [2.45, 2.75) is 37.5 Å². The van der Waals surface area contributed by atoms with Gasteiger partial charge in [0, 0.05) is 30.5 Å². The Kier molecular flexibility index (Phi) is 4.30. The maximum Gasteiger partial charge on any atom is 0.253 e. The molecule has 1 saturated carbocycles. The number of benzene rings is 1. The predicted molar refractivity (Wildman–Crippen MR) is 103 cm³/mol. The Bertz CT molecular complexity index is 931. The van der Waals surface area contributed by atoms with Crippen LogP contribution in [0.15, 0.2) is 23.8 Å². The topological polar surface area (TPSA) is 80.3 Å². The van der Waals surface area contributed by atoms with Crippen molar-refractivity contribution in [1.82, 2.24) is 20.1 Å². The van der Waals surface area contributed by atoms with E-state index < -0.39 is 0 Å². The lowest BCUT2D eigenvalue weighted by Crippen LogP contribution is -2.41. The number of para-hydroxylation sites is 1. The lowest BCUT2D eigenvalue weighted by molar-refractivity contribution is -0.128. The number of H-pyrrole nitrogens is 1. The predicted octanol–water partition coefficient (Wildman–Crippen LogP) is 2.87. The highest BCUT2D eigenvalue weighted by molar-refractivity contribution is 5.99. The van der Waals surface area contributed by atoms with E-state index >= 15 is 0 Å². The van der Waals surface area contributed by atoms with Gasteiger partial charge in [0.25, 0.3) is 5.91 Å². The number of ether oxygens (including phenoxy) is 2. The van der Waals surface area contributed by atoms with Crippen LogP contribution in [0.2, 0.25) is 0 Å². The molecule has 1 aromatic carbocycles. The lowest BCUT2D eigenvalue weighted by Gasteiger charge is -2.32. The molecule has 3 aliphatic rings. The first kappa shape index (κ1) is 17.3. The largest absolute Gasteiger partial charge is 0.493 e. The zero-order valence-electron chi connectivity index (χ0n) is 16.0. The van der Waals surface area contributed by atoms with Gasteiger partial charge < -0.3 is 14.4 Å². The fraction of sp³-hybridized carbons (Fsp3) is 0.476. The molecule has 5 rings (SSSR count). The van der Waals surface area contributed by atoms with Gasteiger partial charge in [-0.25, -0.2) is 4.98 Å². The Morgan fingerprint density at radius 2 is 2.18 bits per heavy atom. The van der Waals surface area contributed by atoms with E-state index in [9.17, 15) is 4.79 Å². The fourth-order valence-electron chi connectivity index (χ4n) is 4.05. The van der Waals surface area contributed by atoms with E-state index in [1.54, 1.807) is 7.11 Å². The molecule has 0 bridgehead atoms. The Morgan fingerprint density at radius 3 is 3.00 bits per heavy atom. The molecule has 1 atom stereocenters. The molecule has 0 radical (unpaired) electrons. The highest BCUT2D eigenvalue weighted by atomic mass is 16.5. The number of hydrogen-bond acceptors (Lipinski definition) is 5. The first-order chi connectivity index (χ1) is 13.7. The van der Waals surface area contributed by atoms with Gasteiger partial charge in [-0.3, -0.25) is 9.89 Å². The number of carbonyl (C=O) groups excluding carboxylic acids is 1. The normalized spacial score (nSPS) is 21.5. The smallest absolute Gasteiger partial charge is 0.253 e. The highest BCUT2D eigenvalue weighted by Gasteiger charge is 2.32. The molecule has 2 aromatic rings. The number of aromatic amines is 1. The first-order valence-corrected chi connectivity index (χ1v) is 9.95. The van der Waals surface area contributed by atoms with Crippen LogP contribution in [0.25, 0.3) is 6.08 Å². The van der Waals surface area contributed by atoms with E-state index in [1.807, 2.05) is 29.2 Å². The first-order valence-electron chi connectivity index (χ1n) is 9.95. The fourth-order valence-corrected chi connectivity index (χ4v) is 4.05. The van der Waals surface area contributed by atoms with Crippen molar-refractivity contribution < 1.29 is 14.3 Å². The molecule has 1 aliphatic carbocycles. The van der Waals surface area contributed by atoms with Crippen molar-refractivity contribution in [2.24, 2.45) is 0 Å². The molecule has 1 unspecified atom stereocenters. The van der Waals surface area contributed by atoms with Crippen LogP contribution in [0.4, 0.5) is 0 Å².